The predicted molar refractivity (Wildman–Crippen MR) is 96.0 cm³/mol. The molecule has 128 valence electrons. The zero-order valence-electron chi connectivity index (χ0n) is 13.0. The Balaban J connectivity index is 2.28. The van der Waals surface area contributed by atoms with E-state index in [2.05, 4.69) is 5.32 Å². The van der Waals surface area contributed by atoms with Crippen molar-refractivity contribution in [3.63, 3.8) is 0 Å². The van der Waals surface area contributed by atoms with Crippen molar-refractivity contribution in [2.75, 3.05) is 18.4 Å². The number of carbonyl (C=O) groups excluding carboxylic acids is 3. The van der Waals surface area contributed by atoms with Crippen molar-refractivity contribution in [1.82, 2.24) is 9.80 Å². The van der Waals surface area contributed by atoms with Gasteiger partial charge in [0.15, 0.2) is 11.0 Å². The van der Waals surface area contributed by atoms with Gasteiger partial charge in [-0.3, -0.25) is 24.2 Å². The van der Waals surface area contributed by atoms with Crippen LogP contribution in [-0.2, 0) is 14.4 Å². The van der Waals surface area contributed by atoms with Crippen molar-refractivity contribution in [2.45, 2.75) is 13.8 Å². The molecule has 9 heteroatoms. The number of hydrogen-bond acceptors (Lipinski definition) is 4. The third-order valence-electron chi connectivity index (χ3n) is 3.57. The SMILES string of the molecule is CCN1C(=O)C(C(=O)Nc2ccc(Cl)c(Cl)c2)C(=O)N(CC)C1=S. The van der Waals surface area contributed by atoms with Crippen molar-refractivity contribution < 1.29 is 14.4 Å². The molecule has 0 aliphatic carbocycles. The Kier molecular flexibility index (Phi) is 5.79. The summed E-state index contributed by atoms with van der Waals surface area (Å²) in [5, 5.41) is 3.23. The maximum Gasteiger partial charge on any atom is 0.250 e. The Morgan fingerprint density at radius 2 is 1.67 bits per heavy atom. The van der Waals surface area contributed by atoms with Gasteiger partial charge in [-0.15, -0.1) is 0 Å². The molecule has 1 aliphatic heterocycles. The lowest BCUT2D eigenvalue weighted by molar-refractivity contribution is -0.150. The van der Waals surface area contributed by atoms with Crippen LogP contribution in [0.2, 0.25) is 10.0 Å². The topological polar surface area (TPSA) is 69.7 Å². The molecular formula is C15H15Cl2N3O3S. The molecule has 1 aliphatic rings. The fraction of sp³-hybridized carbons (Fsp3) is 0.333. The Hall–Kier alpha value is -1.70. The maximum atomic E-state index is 12.5. The summed E-state index contributed by atoms with van der Waals surface area (Å²) in [5.41, 5.74) is 0.342. The third kappa shape index (κ3) is 3.38. The van der Waals surface area contributed by atoms with E-state index < -0.39 is 23.6 Å². The molecule has 0 spiro atoms. The zero-order valence-corrected chi connectivity index (χ0v) is 15.3. The minimum atomic E-state index is -1.48. The summed E-state index contributed by atoms with van der Waals surface area (Å²) in [7, 11) is 0. The normalized spacial score (nSPS) is 15.9. The van der Waals surface area contributed by atoms with Crippen LogP contribution in [0.25, 0.3) is 0 Å². The molecule has 3 amide bonds. The highest BCUT2D eigenvalue weighted by Gasteiger charge is 2.46. The number of rotatable bonds is 4. The number of hydrogen-bond donors (Lipinski definition) is 1. The van der Waals surface area contributed by atoms with E-state index in [1.54, 1.807) is 13.8 Å². The first-order chi connectivity index (χ1) is 11.3. The van der Waals surface area contributed by atoms with Gasteiger partial charge in [0.1, 0.15) is 0 Å². The minimum Gasteiger partial charge on any atom is -0.325 e. The molecule has 6 nitrogen and oxygen atoms in total. The van der Waals surface area contributed by atoms with E-state index in [1.165, 1.54) is 28.0 Å². The smallest absolute Gasteiger partial charge is 0.250 e. The lowest BCUT2D eigenvalue weighted by Crippen LogP contribution is -2.61. The van der Waals surface area contributed by atoms with E-state index >= 15 is 0 Å². The fourth-order valence-electron chi connectivity index (χ4n) is 2.35. The van der Waals surface area contributed by atoms with Gasteiger partial charge in [-0.05, 0) is 44.3 Å². The lowest BCUT2D eigenvalue weighted by Gasteiger charge is -2.37. The molecule has 0 radical (unpaired) electrons. The van der Waals surface area contributed by atoms with Crippen molar-refractivity contribution in [3.05, 3.63) is 28.2 Å². The summed E-state index contributed by atoms with van der Waals surface area (Å²) < 4.78 is 0. The number of nitrogens with one attached hydrogen (secondary N) is 1. The average molecular weight is 388 g/mol. The average Bonchev–Trinajstić information content (AvgIpc) is 2.51. The van der Waals surface area contributed by atoms with Crippen molar-refractivity contribution >= 4 is 63.9 Å². The van der Waals surface area contributed by atoms with Crippen LogP contribution >= 0.6 is 35.4 Å². The highest BCUT2D eigenvalue weighted by Crippen LogP contribution is 2.26. The van der Waals surface area contributed by atoms with E-state index in [0.717, 1.165) is 0 Å². The number of carbonyl (C=O) groups is 3. The monoisotopic (exact) mass is 387 g/mol. The van der Waals surface area contributed by atoms with Gasteiger partial charge in [0, 0.05) is 18.8 Å². The highest BCUT2D eigenvalue weighted by molar-refractivity contribution is 7.80. The van der Waals surface area contributed by atoms with E-state index in [4.69, 9.17) is 35.4 Å². The van der Waals surface area contributed by atoms with Crippen molar-refractivity contribution in [3.8, 4) is 0 Å². The molecule has 0 bridgehead atoms. The molecule has 1 aromatic carbocycles. The number of anilines is 1. The number of amides is 3. The number of halogens is 2. The van der Waals surface area contributed by atoms with Gasteiger partial charge in [-0.25, -0.2) is 0 Å². The van der Waals surface area contributed by atoms with Gasteiger partial charge in [-0.1, -0.05) is 23.2 Å². The van der Waals surface area contributed by atoms with Crippen LogP contribution in [0.1, 0.15) is 13.8 Å². The van der Waals surface area contributed by atoms with Crippen LogP contribution in [0.3, 0.4) is 0 Å². The van der Waals surface area contributed by atoms with E-state index in [-0.39, 0.29) is 23.2 Å². The maximum absolute atomic E-state index is 12.5. The summed E-state index contributed by atoms with van der Waals surface area (Å²) in [4.78, 5) is 39.9. The summed E-state index contributed by atoms with van der Waals surface area (Å²) in [6, 6.07) is 4.49. The molecule has 1 heterocycles. The number of thiocarbonyl (C=S) groups is 1. The second-order valence-electron chi connectivity index (χ2n) is 5.00. The van der Waals surface area contributed by atoms with Crippen LogP contribution in [0, 0.1) is 5.92 Å². The van der Waals surface area contributed by atoms with Crippen LogP contribution in [0.5, 0.6) is 0 Å². The van der Waals surface area contributed by atoms with Gasteiger partial charge < -0.3 is 5.32 Å². The zero-order chi connectivity index (χ0) is 18.0. The predicted octanol–water partition coefficient (Wildman–Crippen LogP) is 2.54. The second-order valence-corrected chi connectivity index (χ2v) is 6.18. The Labute approximate surface area is 154 Å². The number of benzene rings is 1. The minimum absolute atomic E-state index is 0.119. The van der Waals surface area contributed by atoms with Crippen LogP contribution in [0.4, 0.5) is 5.69 Å². The summed E-state index contributed by atoms with van der Waals surface area (Å²) in [6.45, 7) is 4.00. The first kappa shape index (κ1) is 18.6. The van der Waals surface area contributed by atoms with Gasteiger partial charge in [0.2, 0.25) is 5.91 Å². The molecule has 1 fully saturated rings. The van der Waals surface area contributed by atoms with Crippen LogP contribution in [-0.4, -0.2) is 45.7 Å². The molecule has 1 saturated heterocycles. The van der Waals surface area contributed by atoms with Gasteiger partial charge >= 0.3 is 0 Å². The first-order valence-electron chi connectivity index (χ1n) is 7.24. The Morgan fingerprint density at radius 1 is 1.12 bits per heavy atom. The largest absolute Gasteiger partial charge is 0.325 e. The molecule has 0 unspecified atom stereocenters. The van der Waals surface area contributed by atoms with E-state index in [0.29, 0.717) is 10.7 Å². The second kappa shape index (κ2) is 7.46. The van der Waals surface area contributed by atoms with Crippen molar-refractivity contribution in [2.24, 2.45) is 5.92 Å². The highest BCUT2D eigenvalue weighted by atomic mass is 35.5. The van der Waals surface area contributed by atoms with Crippen LogP contribution in [0.15, 0.2) is 18.2 Å². The van der Waals surface area contributed by atoms with E-state index in [9.17, 15) is 14.4 Å². The summed E-state index contributed by atoms with van der Waals surface area (Å²) >= 11 is 16.9. The first-order valence-corrected chi connectivity index (χ1v) is 8.40. The van der Waals surface area contributed by atoms with Crippen LogP contribution < -0.4 is 5.32 Å². The molecule has 24 heavy (non-hydrogen) atoms. The molecule has 0 atom stereocenters. The quantitative estimate of drug-likeness (QED) is 0.636. The number of nitrogens with zero attached hydrogens (tertiary/aromatic N) is 2. The molecule has 1 aromatic rings. The Morgan fingerprint density at radius 3 is 2.12 bits per heavy atom. The summed E-state index contributed by atoms with van der Waals surface area (Å²) in [6.07, 6.45) is 0. The molecular weight excluding hydrogens is 373 g/mol. The molecule has 0 saturated carbocycles. The van der Waals surface area contributed by atoms with Crippen molar-refractivity contribution in [1.29, 1.82) is 0 Å². The standard InChI is InChI=1S/C15H15Cl2N3O3S/c1-3-19-13(22)11(14(23)20(4-2)15(19)24)12(21)18-8-5-6-9(16)10(17)7-8/h5-7,11H,3-4H2,1-2H3,(H,18,21). The van der Waals surface area contributed by atoms with Gasteiger partial charge in [-0.2, -0.15) is 0 Å². The fourth-order valence-corrected chi connectivity index (χ4v) is 3.08. The molecule has 2 rings (SSSR count). The van der Waals surface area contributed by atoms with Gasteiger partial charge in [0.05, 0.1) is 10.0 Å². The summed E-state index contributed by atoms with van der Waals surface area (Å²) in [5.74, 6) is -3.47. The van der Waals surface area contributed by atoms with E-state index in [1.807, 2.05) is 0 Å². The molecule has 0 aromatic heterocycles. The molecule has 1 N–H and O–H groups in total. The Bertz CT molecular complexity index is 700. The lowest BCUT2D eigenvalue weighted by atomic mass is 10.0. The third-order valence-corrected chi connectivity index (χ3v) is 4.75. The van der Waals surface area contributed by atoms with Gasteiger partial charge in [0.25, 0.3) is 11.8 Å².